The second-order valence-electron chi connectivity index (χ2n) is 6.74. The lowest BCUT2D eigenvalue weighted by Crippen LogP contribution is -1.97. The van der Waals surface area contributed by atoms with E-state index < -0.39 is 11.6 Å². The Morgan fingerprint density at radius 1 is 0.667 bits per heavy atom. The van der Waals surface area contributed by atoms with Crippen molar-refractivity contribution in [2.45, 2.75) is 39.5 Å². The summed E-state index contributed by atoms with van der Waals surface area (Å²) in [7, 11) is 0. The molecule has 0 bridgehead atoms. The first-order valence-electron chi connectivity index (χ1n) is 9.41. The van der Waals surface area contributed by atoms with Crippen LogP contribution in [0.5, 0.6) is 0 Å². The van der Waals surface area contributed by atoms with Gasteiger partial charge >= 0.3 is 0 Å². The molecule has 0 saturated heterocycles. The van der Waals surface area contributed by atoms with E-state index in [1.165, 1.54) is 6.07 Å². The van der Waals surface area contributed by atoms with Crippen LogP contribution in [0.4, 0.5) is 13.2 Å². The fourth-order valence-corrected chi connectivity index (χ4v) is 3.23. The molecule has 0 fully saturated rings. The third-order valence-corrected chi connectivity index (χ3v) is 4.93. The third kappa shape index (κ3) is 4.08. The van der Waals surface area contributed by atoms with Crippen molar-refractivity contribution >= 4 is 0 Å². The summed E-state index contributed by atoms with van der Waals surface area (Å²) < 4.78 is 42.8. The minimum Gasteiger partial charge on any atom is -0.207 e. The molecule has 0 aliphatic carbocycles. The third-order valence-electron chi connectivity index (χ3n) is 4.93. The van der Waals surface area contributed by atoms with Gasteiger partial charge in [-0.3, -0.25) is 0 Å². The molecule has 0 aliphatic rings. The van der Waals surface area contributed by atoms with E-state index in [1.54, 1.807) is 42.5 Å². The molecule has 3 aromatic carbocycles. The summed E-state index contributed by atoms with van der Waals surface area (Å²) in [6, 6.07) is 15.6. The van der Waals surface area contributed by atoms with Gasteiger partial charge in [0.25, 0.3) is 0 Å². The highest BCUT2D eigenvalue weighted by atomic mass is 19.2. The predicted octanol–water partition coefficient (Wildman–Crippen LogP) is 7.34. The Balaban J connectivity index is 1.89. The van der Waals surface area contributed by atoms with Crippen molar-refractivity contribution in [3.63, 3.8) is 0 Å². The van der Waals surface area contributed by atoms with Gasteiger partial charge in [0.2, 0.25) is 0 Å². The average molecular weight is 368 g/mol. The molecule has 3 rings (SSSR count). The van der Waals surface area contributed by atoms with E-state index in [0.717, 1.165) is 24.0 Å². The molecule has 0 nitrogen and oxygen atoms in total. The van der Waals surface area contributed by atoms with Gasteiger partial charge in [-0.2, -0.15) is 0 Å². The molecular weight excluding hydrogens is 345 g/mol. The number of aryl methyl sites for hydroxylation is 2. The van der Waals surface area contributed by atoms with Crippen LogP contribution in [0.15, 0.2) is 54.6 Å². The summed E-state index contributed by atoms with van der Waals surface area (Å²) in [5, 5.41) is 0. The minimum absolute atomic E-state index is 0.227. The van der Waals surface area contributed by atoms with Crippen molar-refractivity contribution in [3.8, 4) is 22.3 Å². The lowest BCUT2D eigenvalue weighted by molar-refractivity contribution is 0.499. The minimum atomic E-state index is -0.810. The molecule has 140 valence electrons. The van der Waals surface area contributed by atoms with E-state index in [4.69, 9.17) is 0 Å². The van der Waals surface area contributed by atoms with Crippen LogP contribution >= 0.6 is 0 Å². The summed E-state index contributed by atoms with van der Waals surface area (Å²) >= 11 is 0. The van der Waals surface area contributed by atoms with Crippen molar-refractivity contribution in [1.29, 1.82) is 0 Å². The van der Waals surface area contributed by atoms with Gasteiger partial charge in [-0.15, -0.1) is 0 Å². The Kier molecular flexibility index (Phi) is 6.00. The zero-order valence-electron chi connectivity index (χ0n) is 15.7. The van der Waals surface area contributed by atoms with Crippen LogP contribution in [0.3, 0.4) is 0 Å². The molecule has 0 heterocycles. The van der Waals surface area contributed by atoms with E-state index in [9.17, 15) is 13.2 Å². The second kappa shape index (κ2) is 8.43. The van der Waals surface area contributed by atoms with Crippen LogP contribution in [0.1, 0.15) is 37.8 Å². The quantitative estimate of drug-likeness (QED) is 0.427. The maximum absolute atomic E-state index is 14.5. The lowest BCUT2D eigenvalue weighted by Gasteiger charge is -2.10. The number of halogens is 3. The van der Waals surface area contributed by atoms with Crippen LogP contribution in [-0.2, 0) is 12.8 Å². The van der Waals surface area contributed by atoms with Gasteiger partial charge < -0.3 is 0 Å². The Bertz CT molecular complexity index is 927. The maximum atomic E-state index is 14.5. The van der Waals surface area contributed by atoms with Crippen molar-refractivity contribution in [1.82, 2.24) is 0 Å². The SMILES string of the molecule is CCCCc1ccc(-c2ccc(-c3ccc(CC)c(F)c3)cc2)c(F)c1F. The largest absolute Gasteiger partial charge is 0.207 e. The van der Waals surface area contributed by atoms with Gasteiger partial charge in [-0.1, -0.05) is 68.8 Å². The predicted molar refractivity (Wildman–Crippen MR) is 105 cm³/mol. The summed E-state index contributed by atoms with van der Waals surface area (Å²) in [6.45, 7) is 3.93. The molecule has 3 aromatic rings. The monoisotopic (exact) mass is 368 g/mol. The van der Waals surface area contributed by atoms with E-state index >= 15 is 0 Å². The molecule has 0 spiro atoms. The summed E-state index contributed by atoms with van der Waals surface area (Å²) in [6.07, 6.45) is 2.95. The number of unbranched alkanes of at least 4 members (excludes halogenated alkanes) is 1. The van der Waals surface area contributed by atoms with Gasteiger partial charge in [-0.25, -0.2) is 13.2 Å². The van der Waals surface area contributed by atoms with Crippen molar-refractivity contribution < 1.29 is 13.2 Å². The topological polar surface area (TPSA) is 0 Å². The molecule has 0 aliphatic heterocycles. The van der Waals surface area contributed by atoms with Gasteiger partial charge in [0.1, 0.15) is 5.82 Å². The fraction of sp³-hybridized carbons (Fsp3) is 0.250. The molecule has 0 radical (unpaired) electrons. The molecule has 0 atom stereocenters. The molecule has 0 saturated carbocycles. The normalized spacial score (nSPS) is 11.0. The van der Waals surface area contributed by atoms with Gasteiger partial charge in [0.05, 0.1) is 0 Å². The summed E-state index contributed by atoms with van der Waals surface area (Å²) in [4.78, 5) is 0. The first-order chi connectivity index (χ1) is 13.0. The lowest BCUT2D eigenvalue weighted by atomic mass is 9.97. The number of hydrogen-bond donors (Lipinski definition) is 0. The Morgan fingerprint density at radius 2 is 1.30 bits per heavy atom. The molecule has 0 amide bonds. The Hall–Kier alpha value is -2.55. The van der Waals surface area contributed by atoms with E-state index in [1.807, 2.05) is 19.9 Å². The molecule has 27 heavy (non-hydrogen) atoms. The first kappa shape index (κ1) is 19.2. The van der Waals surface area contributed by atoms with Gasteiger partial charge in [-0.05, 0) is 53.1 Å². The van der Waals surface area contributed by atoms with E-state index in [-0.39, 0.29) is 11.4 Å². The van der Waals surface area contributed by atoms with Crippen LogP contribution in [-0.4, -0.2) is 0 Å². The number of benzene rings is 3. The summed E-state index contributed by atoms with van der Waals surface area (Å²) in [5.41, 5.74) is 3.53. The fourth-order valence-electron chi connectivity index (χ4n) is 3.23. The Morgan fingerprint density at radius 3 is 1.93 bits per heavy atom. The molecule has 0 aromatic heterocycles. The zero-order chi connectivity index (χ0) is 19.4. The molecule has 0 N–H and O–H groups in total. The Labute approximate surface area is 158 Å². The van der Waals surface area contributed by atoms with E-state index in [0.29, 0.717) is 29.5 Å². The standard InChI is InChI=1S/C24H23F3/c1-3-5-6-19-13-14-21(24(27)23(19)26)18-10-8-17(9-11-18)20-12-7-16(4-2)22(25)15-20/h7-15H,3-6H2,1-2H3. The number of rotatable bonds is 6. The average Bonchev–Trinajstić information content (AvgIpc) is 2.69. The van der Waals surface area contributed by atoms with Gasteiger partial charge in [0.15, 0.2) is 11.6 Å². The van der Waals surface area contributed by atoms with Crippen LogP contribution in [0, 0.1) is 17.5 Å². The van der Waals surface area contributed by atoms with Crippen LogP contribution in [0.2, 0.25) is 0 Å². The van der Waals surface area contributed by atoms with Crippen LogP contribution < -0.4 is 0 Å². The molecular formula is C24H23F3. The second-order valence-corrected chi connectivity index (χ2v) is 6.74. The maximum Gasteiger partial charge on any atom is 0.166 e. The van der Waals surface area contributed by atoms with Crippen molar-refractivity contribution in [3.05, 3.63) is 83.2 Å². The zero-order valence-corrected chi connectivity index (χ0v) is 15.7. The smallest absolute Gasteiger partial charge is 0.166 e. The molecule has 3 heteroatoms. The summed E-state index contributed by atoms with van der Waals surface area (Å²) in [5.74, 6) is -1.80. The highest BCUT2D eigenvalue weighted by Crippen LogP contribution is 2.30. The van der Waals surface area contributed by atoms with E-state index in [2.05, 4.69) is 0 Å². The van der Waals surface area contributed by atoms with Crippen molar-refractivity contribution in [2.75, 3.05) is 0 Å². The molecule has 0 unspecified atom stereocenters. The van der Waals surface area contributed by atoms with Crippen LogP contribution in [0.25, 0.3) is 22.3 Å². The first-order valence-corrected chi connectivity index (χ1v) is 9.41. The number of hydrogen-bond acceptors (Lipinski definition) is 0. The highest BCUT2D eigenvalue weighted by molar-refractivity contribution is 5.71. The highest BCUT2D eigenvalue weighted by Gasteiger charge is 2.14. The van der Waals surface area contributed by atoms with Crippen molar-refractivity contribution in [2.24, 2.45) is 0 Å². The van der Waals surface area contributed by atoms with Gasteiger partial charge in [0, 0.05) is 5.56 Å².